The highest BCUT2D eigenvalue weighted by Crippen LogP contribution is 2.20. The van der Waals surface area contributed by atoms with Gasteiger partial charge in [0.1, 0.15) is 5.69 Å². The van der Waals surface area contributed by atoms with Gasteiger partial charge < -0.3 is 15.6 Å². The Morgan fingerprint density at radius 1 is 1.04 bits per heavy atom. The van der Waals surface area contributed by atoms with Crippen molar-refractivity contribution >= 4 is 38.6 Å². The van der Waals surface area contributed by atoms with Crippen molar-refractivity contribution in [1.29, 1.82) is 0 Å². The molecule has 6 heteroatoms. The average molecular weight is 386 g/mol. The van der Waals surface area contributed by atoms with E-state index in [0.717, 1.165) is 20.9 Å². The Kier molecular flexibility index (Phi) is 4.66. The molecule has 2 amide bonds. The van der Waals surface area contributed by atoms with Gasteiger partial charge >= 0.3 is 0 Å². The van der Waals surface area contributed by atoms with Crippen LogP contribution in [0.5, 0.6) is 0 Å². The Morgan fingerprint density at radius 3 is 2.50 bits per heavy atom. The standard InChI is InChI=1S/C18H16BrN3O2/c1-20-17(23)12-4-2-11(3-5-12)10-21-18(24)16-8-13-6-7-14(19)9-15(13)22-16/h2-9,22H,10H2,1H3,(H,20,23)(H,21,24). The van der Waals surface area contributed by atoms with Crippen LogP contribution < -0.4 is 10.6 Å². The molecule has 3 aromatic rings. The molecule has 0 atom stereocenters. The highest BCUT2D eigenvalue weighted by atomic mass is 79.9. The van der Waals surface area contributed by atoms with Crippen molar-refractivity contribution in [3.8, 4) is 0 Å². The van der Waals surface area contributed by atoms with Crippen LogP contribution in [0, 0.1) is 0 Å². The van der Waals surface area contributed by atoms with Crippen molar-refractivity contribution in [2.24, 2.45) is 0 Å². The van der Waals surface area contributed by atoms with E-state index < -0.39 is 0 Å². The first-order valence-electron chi connectivity index (χ1n) is 7.44. The van der Waals surface area contributed by atoms with Gasteiger partial charge in [-0.1, -0.05) is 34.1 Å². The minimum Gasteiger partial charge on any atom is -0.355 e. The Hall–Kier alpha value is -2.60. The largest absolute Gasteiger partial charge is 0.355 e. The molecule has 5 nitrogen and oxygen atoms in total. The van der Waals surface area contributed by atoms with Crippen molar-refractivity contribution < 1.29 is 9.59 Å². The molecule has 122 valence electrons. The van der Waals surface area contributed by atoms with E-state index >= 15 is 0 Å². The maximum atomic E-state index is 12.3. The number of carbonyl (C=O) groups is 2. The summed E-state index contributed by atoms with van der Waals surface area (Å²) in [4.78, 5) is 26.9. The first-order chi connectivity index (χ1) is 11.6. The summed E-state index contributed by atoms with van der Waals surface area (Å²) >= 11 is 3.41. The topological polar surface area (TPSA) is 74.0 Å². The molecule has 0 radical (unpaired) electrons. The first kappa shape index (κ1) is 16.3. The van der Waals surface area contributed by atoms with E-state index in [1.54, 1.807) is 19.2 Å². The minimum absolute atomic E-state index is 0.130. The summed E-state index contributed by atoms with van der Waals surface area (Å²) < 4.78 is 0.958. The number of aromatic nitrogens is 1. The van der Waals surface area contributed by atoms with Gasteiger partial charge in [0, 0.05) is 34.5 Å². The molecule has 0 fully saturated rings. The van der Waals surface area contributed by atoms with Gasteiger partial charge in [-0.15, -0.1) is 0 Å². The third kappa shape index (κ3) is 3.49. The van der Waals surface area contributed by atoms with Gasteiger partial charge in [-0.3, -0.25) is 9.59 Å². The van der Waals surface area contributed by atoms with Gasteiger partial charge in [0.25, 0.3) is 11.8 Å². The van der Waals surface area contributed by atoms with E-state index in [0.29, 0.717) is 17.8 Å². The molecule has 0 bridgehead atoms. The van der Waals surface area contributed by atoms with Gasteiger partial charge in [0.05, 0.1) is 0 Å². The smallest absolute Gasteiger partial charge is 0.267 e. The summed E-state index contributed by atoms with van der Waals surface area (Å²) in [7, 11) is 1.59. The summed E-state index contributed by atoms with van der Waals surface area (Å²) in [5.74, 6) is -0.299. The number of halogens is 1. The second-order valence-electron chi connectivity index (χ2n) is 5.37. The number of aromatic amines is 1. The zero-order chi connectivity index (χ0) is 17.1. The molecule has 0 aliphatic heterocycles. The maximum absolute atomic E-state index is 12.3. The monoisotopic (exact) mass is 385 g/mol. The van der Waals surface area contributed by atoms with Crippen LogP contribution in [0.4, 0.5) is 0 Å². The molecular weight excluding hydrogens is 370 g/mol. The van der Waals surface area contributed by atoms with Crippen LogP contribution in [0.1, 0.15) is 26.4 Å². The van der Waals surface area contributed by atoms with E-state index in [2.05, 4.69) is 31.5 Å². The normalized spacial score (nSPS) is 10.6. The third-order valence-corrected chi connectivity index (χ3v) is 4.22. The summed E-state index contributed by atoms with van der Waals surface area (Å²) in [5, 5.41) is 6.43. The minimum atomic E-state index is -0.169. The number of carbonyl (C=O) groups excluding carboxylic acids is 2. The molecule has 3 rings (SSSR count). The molecule has 1 heterocycles. The molecule has 3 N–H and O–H groups in total. The Bertz CT molecular complexity index is 900. The Balaban J connectivity index is 1.67. The number of nitrogens with one attached hydrogen (secondary N) is 3. The van der Waals surface area contributed by atoms with Crippen molar-refractivity contribution in [2.75, 3.05) is 7.05 Å². The van der Waals surface area contributed by atoms with E-state index in [9.17, 15) is 9.59 Å². The van der Waals surface area contributed by atoms with E-state index in [1.807, 2.05) is 36.4 Å². The second-order valence-corrected chi connectivity index (χ2v) is 6.29. The molecule has 24 heavy (non-hydrogen) atoms. The van der Waals surface area contributed by atoms with Crippen LogP contribution in [0.2, 0.25) is 0 Å². The Morgan fingerprint density at radius 2 is 1.79 bits per heavy atom. The molecular formula is C18H16BrN3O2. The van der Waals surface area contributed by atoms with Crippen LogP contribution in [0.15, 0.2) is 53.0 Å². The van der Waals surface area contributed by atoms with Crippen LogP contribution in [0.25, 0.3) is 10.9 Å². The first-order valence-corrected chi connectivity index (χ1v) is 8.23. The Labute approximate surface area is 147 Å². The van der Waals surface area contributed by atoms with E-state index in [1.165, 1.54) is 0 Å². The van der Waals surface area contributed by atoms with Crippen molar-refractivity contribution in [3.63, 3.8) is 0 Å². The van der Waals surface area contributed by atoms with Crippen LogP contribution >= 0.6 is 15.9 Å². The lowest BCUT2D eigenvalue weighted by Crippen LogP contribution is -2.23. The van der Waals surface area contributed by atoms with Crippen LogP contribution in [-0.4, -0.2) is 23.8 Å². The van der Waals surface area contributed by atoms with Crippen LogP contribution in [-0.2, 0) is 6.54 Å². The highest BCUT2D eigenvalue weighted by molar-refractivity contribution is 9.10. The predicted molar refractivity (Wildman–Crippen MR) is 97.0 cm³/mol. The molecule has 0 saturated heterocycles. The molecule has 2 aromatic carbocycles. The summed E-state index contributed by atoms with van der Waals surface area (Å²) in [6, 6.07) is 14.8. The summed E-state index contributed by atoms with van der Waals surface area (Å²) in [6.45, 7) is 0.395. The zero-order valence-electron chi connectivity index (χ0n) is 13.0. The molecule has 0 spiro atoms. The number of benzene rings is 2. The summed E-state index contributed by atoms with van der Waals surface area (Å²) in [5.41, 5.74) is 2.94. The maximum Gasteiger partial charge on any atom is 0.267 e. The lowest BCUT2D eigenvalue weighted by molar-refractivity contribution is 0.0942. The fourth-order valence-corrected chi connectivity index (χ4v) is 2.78. The van der Waals surface area contributed by atoms with E-state index in [4.69, 9.17) is 0 Å². The quantitative estimate of drug-likeness (QED) is 0.644. The van der Waals surface area contributed by atoms with Crippen LogP contribution in [0.3, 0.4) is 0 Å². The zero-order valence-corrected chi connectivity index (χ0v) is 14.6. The summed E-state index contributed by atoms with van der Waals surface area (Å²) in [6.07, 6.45) is 0. The number of rotatable bonds is 4. The molecule has 1 aromatic heterocycles. The SMILES string of the molecule is CNC(=O)c1ccc(CNC(=O)c2cc3ccc(Br)cc3[nH]2)cc1. The van der Waals surface area contributed by atoms with Gasteiger partial charge in [-0.05, 0) is 35.9 Å². The van der Waals surface area contributed by atoms with E-state index in [-0.39, 0.29) is 11.8 Å². The fraction of sp³-hybridized carbons (Fsp3) is 0.111. The lowest BCUT2D eigenvalue weighted by atomic mass is 10.1. The van der Waals surface area contributed by atoms with Gasteiger partial charge in [0.2, 0.25) is 0 Å². The average Bonchev–Trinajstić information content (AvgIpc) is 3.02. The second kappa shape index (κ2) is 6.88. The number of amides is 2. The van der Waals surface area contributed by atoms with Crippen molar-refractivity contribution in [1.82, 2.24) is 15.6 Å². The number of H-pyrrole nitrogens is 1. The van der Waals surface area contributed by atoms with Gasteiger partial charge in [0.15, 0.2) is 0 Å². The third-order valence-electron chi connectivity index (χ3n) is 3.73. The van der Waals surface area contributed by atoms with Crippen molar-refractivity contribution in [2.45, 2.75) is 6.54 Å². The molecule has 0 aliphatic rings. The molecule has 0 aliphatic carbocycles. The molecule has 0 saturated carbocycles. The van der Waals surface area contributed by atoms with Gasteiger partial charge in [-0.25, -0.2) is 0 Å². The lowest BCUT2D eigenvalue weighted by Gasteiger charge is -2.05. The number of hydrogen-bond acceptors (Lipinski definition) is 2. The van der Waals surface area contributed by atoms with Gasteiger partial charge in [-0.2, -0.15) is 0 Å². The predicted octanol–water partition coefficient (Wildman–Crippen LogP) is 3.22. The van der Waals surface area contributed by atoms with Crippen molar-refractivity contribution in [3.05, 3.63) is 69.8 Å². The fourth-order valence-electron chi connectivity index (χ4n) is 2.42. The number of hydrogen-bond donors (Lipinski definition) is 3. The highest BCUT2D eigenvalue weighted by Gasteiger charge is 2.10. The molecule has 0 unspecified atom stereocenters. The number of fused-ring (bicyclic) bond motifs is 1.